The zero-order valence-corrected chi connectivity index (χ0v) is 19.1. The summed E-state index contributed by atoms with van der Waals surface area (Å²) in [6.07, 6.45) is 0. The Balaban J connectivity index is 1.52. The maximum absolute atomic E-state index is 12.6. The number of carbonyl (C=O) groups excluding carboxylic acids is 2. The fourth-order valence-corrected chi connectivity index (χ4v) is 3.87. The molecular weight excluding hydrogens is 410 g/mol. The summed E-state index contributed by atoms with van der Waals surface area (Å²) in [6, 6.07) is 11.2. The topological polar surface area (TPSA) is 80.3 Å². The van der Waals surface area contributed by atoms with Crippen molar-refractivity contribution >= 4 is 11.8 Å². The first-order chi connectivity index (χ1) is 15.5. The summed E-state index contributed by atoms with van der Waals surface area (Å²) in [5, 5.41) is 2.74. The molecule has 3 rings (SSSR count). The molecule has 2 aromatic carbocycles. The van der Waals surface area contributed by atoms with E-state index in [0.717, 1.165) is 24.2 Å². The van der Waals surface area contributed by atoms with Crippen molar-refractivity contribution < 1.29 is 23.8 Å². The van der Waals surface area contributed by atoms with Gasteiger partial charge in [0.05, 0.1) is 27.9 Å². The highest BCUT2D eigenvalue weighted by molar-refractivity contribution is 5.97. The zero-order valence-electron chi connectivity index (χ0n) is 19.1. The Morgan fingerprint density at radius 1 is 0.906 bits per heavy atom. The third-order valence-electron chi connectivity index (χ3n) is 5.69. The predicted octanol–water partition coefficient (Wildman–Crippen LogP) is 2.10. The SMILES string of the molecule is COc1ccc(CN2CCN(C(=O)CNC(=O)c3ccccc3C)CC2)c(OC)c1OC. The number of carbonyl (C=O) groups is 2. The number of nitrogens with zero attached hydrogens (tertiary/aromatic N) is 2. The summed E-state index contributed by atoms with van der Waals surface area (Å²) >= 11 is 0. The fourth-order valence-electron chi connectivity index (χ4n) is 3.87. The Morgan fingerprint density at radius 2 is 1.59 bits per heavy atom. The van der Waals surface area contributed by atoms with Crippen LogP contribution in [-0.4, -0.2) is 75.7 Å². The van der Waals surface area contributed by atoms with Crippen molar-refractivity contribution in [2.24, 2.45) is 0 Å². The summed E-state index contributed by atoms with van der Waals surface area (Å²) in [4.78, 5) is 29.0. The average Bonchev–Trinajstić information content (AvgIpc) is 2.82. The van der Waals surface area contributed by atoms with Crippen molar-refractivity contribution in [3.8, 4) is 17.2 Å². The van der Waals surface area contributed by atoms with Gasteiger partial charge in [-0.15, -0.1) is 0 Å². The van der Waals surface area contributed by atoms with Crippen molar-refractivity contribution in [3.63, 3.8) is 0 Å². The molecule has 1 fully saturated rings. The lowest BCUT2D eigenvalue weighted by Gasteiger charge is -2.35. The second-order valence-electron chi connectivity index (χ2n) is 7.65. The molecule has 1 aliphatic heterocycles. The summed E-state index contributed by atoms with van der Waals surface area (Å²) in [5.41, 5.74) is 2.47. The molecule has 8 heteroatoms. The molecule has 1 N–H and O–H groups in total. The highest BCUT2D eigenvalue weighted by Gasteiger charge is 2.24. The molecule has 1 aliphatic rings. The third-order valence-corrected chi connectivity index (χ3v) is 5.69. The number of benzene rings is 2. The minimum atomic E-state index is -0.226. The molecule has 32 heavy (non-hydrogen) atoms. The number of hydrogen-bond acceptors (Lipinski definition) is 6. The van der Waals surface area contributed by atoms with Crippen LogP contribution in [-0.2, 0) is 11.3 Å². The van der Waals surface area contributed by atoms with Gasteiger partial charge < -0.3 is 24.4 Å². The van der Waals surface area contributed by atoms with Crippen LogP contribution in [0.2, 0.25) is 0 Å². The van der Waals surface area contributed by atoms with Gasteiger partial charge in [-0.2, -0.15) is 0 Å². The summed E-state index contributed by atoms with van der Waals surface area (Å²) in [5.74, 6) is 1.55. The van der Waals surface area contributed by atoms with Crippen LogP contribution in [0.3, 0.4) is 0 Å². The number of amides is 2. The molecule has 2 aromatic rings. The highest BCUT2D eigenvalue weighted by Crippen LogP contribution is 2.40. The second kappa shape index (κ2) is 10.9. The predicted molar refractivity (Wildman–Crippen MR) is 121 cm³/mol. The van der Waals surface area contributed by atoms with Gasteiger partial charge in [0.2, 0.25) is 11.7 Å². The molecule has 0 bridgehead atoms. The van der Waals surface area contributed by atoms with Crippen LogP contribution in [0.4, 0.5) is 0 Å². The average molecular weight is 442 g/mol. The van der Waals surface area contributed by atoms with E-state index < -0.39 is 0 Å². The largest absolute Gasteiger partial charge is 0.493 e. The maximum Gasteiger partial charge on any atom is 0.251 e. The van der Waals surface area contributed by atoms with Gasteiger partial charge in [0.15, 0.2) is 11.5 Å². The Kier molecular flexibility index (Phi) is 7.94. The van der Waals surface area contributed by atoms with E-state index in [1.165, 1.54) is 0 Å². The van der Waals surface area contributed by atoms with Crippen molar-refractivity contribution in [2.45, 2.75) is 13.5 Å². The quantitative estimate of drug-likeness (QED) is 0.676. The molecule has 2 amide bonds. The van der Waals surface area contributed by atoms with E-state index in [0.29, 0.717) is 42.4 Å². The standard InChI is InChI=1S/C24H31N3O5/c1-17-7-5-6-8-19(17)24(29)25-15-21(28)27-13-11-26(12-14-27)16-18-9-10-20(30-2)23(32-4)22(18)31-3/h5-10H,11-16H2,1-4H3,(H,25,29). The van der Waals surface area contributed by atoms with Gasteiger partial charge in [-0.25, -0.2) is 0 Å². The Bertz CT molecular complexity index is 955. The van der Waals surface area contributed by atoms with Crippen LogP contribution in [0.25, 0.3) is 0 Å². The smallest absolute Gasteiger partial charge is 0.251 e. The minimum Gasteiger partial charge on any atom is -0.493 e. The van der Waals surface area contributed by atoms with Crippen molar-refractivity contribution in [3.05, 3.63) is 53.1 Å². The van der Waals surface area contributed by atoms with E-state index in [1.807, 2.05) is 37.3 Å². The summed E-state index contributed by atoms with van der Waals surface area (Å²) in [7, 11) is 4.80. The van der Waals surface area contributed by atoms with Gasteiger partial charge >= 0.3 is 0 Å². The number of rotatable bonds is 8. The molecule has 0 radical (unpaired) electrons. The number of ether oxygens (including phenoxy) is 3. The lowest BCUT2D eigenvalue weighted by atomic mass is 10.1. The first-order valence-corrected chi connectivity index (χ1v) is 10.6. The molecule has 0 aromatic heterocycles. The number of piperazine rings is 1. The molecular formula is C24H31N3O5. The van der Waals surface area contributed by atoms with E-state index in [-0.39, 0.29) is 18.4 Å². The zero-order chi connectivity index (χ0) is 23.1. The summed E-state index contributed by atoms with van der Waals surface area (Å²) < 4.78 is 16.4. The minimum absolute atomic E-state index is 0.00330. The highest BCUT2D eigenvalue weighted by atomic mass is 16.5. The van der Waals surface area contributed by atoms with Crippen LogP contribution in [0.15, 0.2) is 36.4 Å². The lowest BCUT2D eigenvalue weighted by Crippen LogP contribution is -2.50. The van der Waals surface area contributed by atoms with Crippen LogP contribution in [0, 0.1) is 6.92 Å². The molecule has 8 nitrogen and oxygen atoms in total. The van der Waals surface area contributed by atoms with Crippen LogP contribution in [0.1, 0.15) is 21.5 Å². The second-order valence-corrected chi connectivity index (χ2v) is 7.65. The van der Waals surface area contributed by atoms with Gasteiger partial charge in [0, 0.05) is 43.9 Å². The molecule has 0 saturated carbocycles. The van der Waals surface area contributed by atoms with E-state index in [4.69, 9.17) is 14.2 Å². The van der Waals surface area contributed by atoms with Crippen molar-refractivity contribution in [1.29, 1.82) is 0 Å². The number of aryl methyl sites for hydroxylation is 1. The van der Waals surface area contributed by atoms with Crippen LogP contribution in [0.5, 0.6) is 17.2 Å². The number of hydrogen-bond donors (Lipinski definition) is 1. The molecule has 0 spiro atoms. The van der Waals surface area contributed by atoms with Gasteiger partial charge in [-0.3, -0.25) is 14.5 Å². The van der Waals surface area contributed by atoms with Crippen LogP contribution < -0.4 is 19.5 Å². The van der Waals surface area contributed by atoms with E-state index in [2.05, 4.69) is 10.2 Å². The number of methoxy groups -OCH3 is 3. The van der Waals surface area contributed by atoms with Gasteiger partial charge in [0.1, 0.15) is 0 Å². The van der Waals surface area contributed by atoms with Crippen LogP contribution >= 0.6 is 0 Å². The lowest BCUT2D eigenvalue weighted by molar-refractivity contribution is -0.131. The molecule has 1 saturated heterocycles. The van der Waals surface area contributed by atoms with E-state index in [1.54, 1.807) is 32.3 Å². The Hall–Kier alpha value is -3.26. The molecule has 0 aliphatic carbocycles. The van der Waals surface area contributed by atoms with Crippen molar-refractivity contribution in [2.75, 3.05) is 54.1 Å². The molecule has 0 unspecified atom stereocenters. The van der Waals surface area contributed by atoms with Gasteiger partial charge in [-0.05, 0) is 24.6 Å². The maximum atomic E-state index is 12.6. The third kappa shape index (κ3) is 5.31. The first-order valence-electron chi connectivity index (χ1n) is 10.6. The van der Waals surface area contributed by atoms with E-state index >= 15 is 0 Å². The summed E-state index contributed by atoms with van der Waals surface area (Å²) in [6.45, 7) is 5.23. The Morgan fingerprint density at radius 3 is 2.22 bits per heavy atom. The normalized spacial score (nSPS) is 14.1. The van der Waals surface area contributed by atoms with Gasteiger partial charge in [0.25, 0.3) is 5.91 Å². The van der Waals surface area contributed by atoms with Gasteiger partial charge in [-0.1, -0.05) is 24.3 Å². The van der Waals surface area contributed by atoms with E-state index in [9.17, 15) is 9.59 Å². The molecule has 0 atom stereocenters. The fraction of sp³-hybridized carbons (Fsp3) is 0.417. The Labute approximate surface area is 189 Å². The molecule has 172 valence electrons. The first kappa shape index (κ1) is 23.4. The monoisotopic (exact) mass is 441 g/mol. The van der Waals surface area contributed by atoms with Crippen molar-refractivity contribution in [1.82, 2.24) is 15.1 Å². The molecule has 1 heterocycles. The number of nitrogens with one attached hydrogen (secondary N) is 1.